The van der Waals surface area contributed by atoms with E-state index in [0.717, 1.165) is 24.0 Å². The average Bonchev–Trinajstić information content (AvgIpc) is 2.64. The SMILES string of the molecule is COc1cccc2c1[C@@H]1C(=O)NC(=O)[C@@H]1CC2. The van der Waals surface area contributed by atoms with Crippen LogP contribution in [0.3, 0.4) is 0 Å². The number of aryl methyl sites for hydroxylation is 1. The van der Waals surface area contributed by atoms with Crippen molar-refractivity contribution in [3.8, 4) is 5.75 Å². The van der Waals surface area contributed by atoms with Crippen LogP contribution in [0.1, 0.15) is 23.5 Å². The minimum Gasteiger partial charge on any atom is -0.496 e. The zero-order valence-electron chi connectivity index (χ0n) is 9.53. The van der Waals surface area contributed by atoms with Crippen molar-refractivity contribution in [3.63, 3.8) is 0 Å². The zero-order valence-corrected chi connectivity index (χ0v) is 9.53. The number of fused-ring (bicyclic) bond motifs is 3. The second-order valence-electron chi connectivity index (χ2n) is 4.51. The van der Waals surface area contributed by atoms with Crippen LogP contribution in [0.25, 0.3) is 0 Å². The smallest absolute Gasteiger partial charge is 0.235 e. The van der Waals surface area contributed by atoms with Gasteiger partial charge in [0.05, 0.1) is 18.9 Å². The van der Waals surface area contributed by atoms with Gasteiger partial charge in [0.2, 0.25) is 11.8 Å². The van der Waals surface area contributed by atoms with E-state index in [1.807, 2.05) is 18.2 Å². The Balaban J connectivity index is 2.17. The number of carbonyl (C=O) groups is 2. The Labute approximate surface area is 99.0 Å². The molecule has 88 valence electrons. The number of nitrogens with one attached hydrogen (secondary N) is 1. The lowest BCUT2D eigenvalue weighted by atomic mass is 9.76. The summed E-state index contributed by atoms with van der Waals surface area (Å²) in [7, 11) is 1.59. The monoisotopic (exact) mass is 231 g/mol. The van der Waals surface area contributed by atoms with Gasteiger partial charge in [-0.2, -0.15) is 0 Å². The van der Waals surface area contributed by atoms with Gasteiger partial charge < -0.3 is 4.74 Å². The molecule has 1 heterocycles. The van der Waals surface area contributed by atoms with E-state index in [-0.39, 0.29) is 23.7 Å². The Morgan fingerprint density at radius 3 is 2.88 bits per heavy atom. The Morgan fingerprint density at radius 2 is 2.12 bits per heavy atom. The second-order valence-corrected chi connectivity index (χ2v) is 4.51. The fourth-order valence-electron chi connectivity index (χ4n) is 2.91. The first-order valence-electron chi connectivity index (χ1n) is 5.73. The molecule has 1 fully saturated rings. The highest BCUT2D eigenvalue weighted by atomic mass is 16.5. The van der Waals surface area contributed by atoms with E-state index in [9.17, 15) is 9.59 Å². The molecule has 1 aromatic carbocycles. The summed E-state index contributed by atoms with van der Waals surface area (Å²) in [5.74, 6) is -0.197. The number of ether oxygens (including phenoxy) is 1. The van der Waals surface area contributed by atoms with E-state index in [1.165, 1.54) is 0 Å². The number of methoxy groups -OCH3 is 1. The number of rotatable bonds is 1. The molecule has 0 bridgehead atoms. The third kappa shape index (κ3) is 1.37. The lowest BCUT2D eigenvalue weighted by Gasteiger charge is -2.26. The maximum absolute atomic E-state index is 11.9. The largest absolute Gasteiger partial charge is 0.496 e. The highest BCUT2D eigenvalue weighted by molar-refractivity contribution is 6.08. The number of hydrogen-bond acceptors (Lipinski definition) is 3. The highest BCUT2D eigenvalue weighted by Crippen LogP contribution is 2.43. The van der Waals surface area contributed by atoms with Crippen molar-refractivity contribution in [1.82, 2.24) is 5.32 Å². The van der Waals surface area contributed by atoms with Gasteiger partial charge in [-0.1, -0.05) is 12.1 Å². The first-order valence-corrected chi connectivity index (χ1v) is 5.73. The summed E-state index contributed by atoms with van der Waals surface area (Å²) in [5.41, 5.74) is 2.02. The third-order valence-electron chi connectivity index (χ3n) is 3.68. The number of imide groups is 1. The maximum atomic E-state index is 11.9. The molecule has 1 N–H and O–H groups in total. The molecule has 1 saturated heterocycles. The van der Waals surface area contributed by atoms with Crippen molar-refractivity contribution in [2.75, 3.05) is 7.11 Å². The maximum Gasteiger partial charge on any atom is 0.235 e. The summed E-state index contributed by atoms with van der Waals surface area (Å²) >= 11 is 0. The molecule has 0 aromatic heterocycles. The molecule has 0 saturated carbocycles. The average molecular weight is 231 g/mol. The molecule has 4 heteroatoms. The van der Waals surface area contributed by atoms with Gasteiger partial charge in [0.25, 0.3) is 0 Å². The van der Waals surface area contributed by atoms with E-state index in [2.05, 4.69) is 5.32 Å². The van der Waals surface area contributed by atoms with E-state index >= 15 is 0 Å². The lowest BCUT2D eigenvalue weighted by Crippen LogP contribution is -2.23. The normalized spacial score (nSPS) is 26.2. The van der Waals surface area contributed by atoms with Crippen molar-refractivity contribution >= 4 is 11.8 Å². The van der Waals surface area contributed by atoms with Gasteiger partial charge in [0.15, 0.2) is 0 Å². The van der Waals surface area contributed by atoms with E-state index < -0.39 is 0 Å². The number of carbonyl (C=O) groups excluding carboxylic acids is 2. The lowest BCUT2D eigenvalue weighted by molar-refractivity contribution is -0.125. The van der Waals surface area contributed by atoms with Gasteiger partial charge in [-0.3, -0.25) is 14.9 Å². The van der Waals surface area contributed by atoms with Crippen LogP contribution in [0, 0.1) is 5.92 Å². The van der Waals surface area contributed by atoms with Gasteiger partial charge in [-0.15, -0.1) is 0 Å². The van der Waals surface area contributed by atoms with E-state index in [1.54, 1.807) is 7.11 Å². The molecule has 1 aliphatic heterocycles. The summed E-state index contributed by atoms with van der Waals surface area (Å²) < 4.78 is 5.31. The van der Waals surface area contributed by atoms with Gasteiger partial charge >= 0.3 is 0 Å². The topological polar surface area (TPSA) is 55.4 Å². The van der Waals surface area contributed by atoms with E-state index in [0.29, 0.717) is 5.75 Å². The van der Waals surface area contributed by atoms with Crippen LogP contribution in [-0.2, 0) is 16.0 Å². The number of benzene rings is 1. The summed E-state index contributed by atoms with van der Waals surface area (Å²) in [4.78, 5) is 23.5. The van der Waals surface area contributed by atoms with Crippen molar-refractivity contribution in [3.05, 3.63) is 29.3 Å². The minimum atomic E-state index is -0.359. The predicted molar refractivity (Wildman–Crippen MR) is 60.7 cm³/mol. The standard InChI is InChI=1S/C13H13NO3/c1-17-9-4-2-3-7-5-6-8-11(10(7)9)13(16)14-12(8)15/h2-4,8,11H,5-6H2,1H3,(H,14,15,16)/t8-,11-/m1/s1. The Morgan fingerprint density at radius 1 is 1.29 bits per heavy atom. The van der Waals surface area contributed by atoms with Crippen molar-refractivity contribution in [2.24, 2.45) is 5.92 Å². The summed E-state index contributed by atoms with van der Waals surface area (Å²) in [6.07, 6.45) is 1.57. The minimum absolute atomic E-state index is 0.142. The van der Waals surface area contributed by atoms with Crippen molar-refractivity contribution < 1.29 is 14.3 Å². The second kappa shape index (κ2) is 3.58. The Hall–Kier alpha value is -1.84. The van der Waals surface area contributed by atoms with Crippen LogP contribution in [-0.4, -0.2) is 18.9 Å². The molecule has 0 radical (unpaired) electrons. The van der Waals surface area contributed by atoms with Gasteiger partial charge in [-0.05, 0) is 24.5 Å². The summed E-state index contributed by atoms with van der Waals surface area (Å²) in [6, 6.07) is 5.77. The molecule has 0 unspecified atom stereocenters. The first kappa shape index (κ1) is 10.3. The molecular formula is C13H13NO3. The molecule has 2 amide bonds. The van der Waals surface area contributed by atoms with Crippen molar-refractivity contribution in [2.45, 2.75) is 18.8 Å². The first-order chi connectivity index (χ1) is 8.22. The zero-order chi connectivity index (χ0) is 12.0. The van der Waals surface area contributed by atoms with Gasteiger partial charge in [-0.25, -0.2) is 0 Å². The third-order valence-corrected chi connectivity index (χ3v) is 3.68. The van der Waals surface area contributed by atoms with Crippen LogP contribution in [0.15, 0.2) is 18.2 Å². The van der Waals surface area contributed by atoms with Crippen LogP contribution in [0.2, 0.25) is 0 Å². The van der Waals surface area contributed by atoms with Crippen LogP contribution >= 0.6 is 0 Å². The Kier molecular flexibility index (Phi) is 2.18. The van der Waals surface area contributed by atoms with Crippen LogP contribution in [0.5, 0.6) is 5.75 Å². The molecule has 0 spiro atoms. The quantitative estimate of drug-likeness (QED) is 0.733. The molecular weight excluding hydrogens is 218 g/mol. The number of amides is 2. The van der Waals surface area contributed by atoms with Crippen LogP contribution in [0.4, 0.5) is 0 Å². The molecule has 1 aromatic rings. The molecule has 4 nitrogen and oxygen atoms in total. The summed E-state index contributed by atoms with van der Waals surface area (Å²) in [5, 5.41) is 2.42. The molecule has 3 rings (SSSR count). The predicted octanol–water partition coefficient (Wildman–Crippen LogP) is 0.998. The molecule has 1 aliphatic carbocycles. The van der Waals surface area contributed by atoms with E-state index in [4.69, 9.17) is 4.74 Å². The molecule has 2 atom stereocenters. The number of hydrogen-bond donors (Lipinski definition) is 1. The molecule has 2 aliphatic rings. The van der Waals surface area contributed by atoms with Crippen molar-refractivity contribution in [1.29, 1.82) is 0 Å². The van der Waals surface area contributed by atoms with Gasteiger partial charge in [0, 0.05) is 5.56 Å². The fourth-order valence-corrected chi connectivity index (χ4v) is 2.91. The summed E-state index contributed by atoms with van der Waals surface area (Å²) in [6.45, 7) is 0. The molecule has 17 heavy (non-hydrogen) atoms. The highest BCUT2D eigenvalue weighted by Gasteiger charge is 2.46. The fraction of sp³-hybridized carbons (Fsp3) is 0.385. The Bertz CT molecular complexity index is 495. The van der Waals surface area contributed by atoms with Crippen LogP contribution < -0.4 is 10.1 Å². The van der Waals surface area contributed by atoms with Gasteiger partial charge in [0.1, 0.15) is 5.75 Å².